The Morgan fingerprint density at radius 2 is 1.82 bits per heavy atom. The smallest absolute Gasteiger partial charge is 0.545 e. The molecule has 22 heavy (non-hydrogen) atoms. The minimum absolute atomic E-state index is 0. The number of hydrogen-bond acceptors (Lipinski definition) is 5. The molecule has 0 spiro atoms. The van der Waals surface area contributed by atoms with Crippen LogP contribution in [0.5, 0.6) is 11.5 Å². The number of nitrogens with zero attached hydrogens (tertiary/aromatic N) is 1. The van der Waals surface area contributed by atoms with Gasteiger partial charge in [0.15, 0.2) is 0 Å². The van der Waals surface area contributed by atoms with E-state index < -0.39 is 22.1 Å². The standard InChI is InChI=1S/C13H7Cl2NO5.K/c14-7-4-5-10(9(15)6-7)21-11-3-1-2-8(13(17)18)12(11)16(19)20;/h1-6H,(H,17,18);/q;+1/p-1. The van der Waals surface area contributed by atoms with Crippen molar-refractivity contribution in [1.82, 2.24) is 0 Å². The number of carbonyl (C=O) groups excluding carboxylic acids is 1. The van der Waals surface area contributed by atoms with Crippen LogP contribution in [-0.4, -0.2) is 10.9 Å². The summed E-state index contributed by atoms with van der Waals surface area (Å²) in [5.74, 6) is -1.82. The maximum absolute atomic E-state index is 11.1. The van der Waals surface area contributed by atoms with Crippen LogP contribution in [0, 0.1) is 10.1 Å². The normalized spacial score (nSPS) is 9.73. The fourth-order valence-electron chi connectivity index (χ4n) is 1.63. The van der Waals surface area contributed by atoms with E-state index in [9.17, 15) is 20.0 Å². The van der Waals surface area contributed by atoms with Gasteiger partial charge in [-0.05, 0) is 30.3 Å². The molecule has 0 N–H and O–H groups in total. The van der Waals surface area contributed by atoms with E-state index in [1.807, 2.05) is 0 Å². The number of ether oxygens (including phenoxy) is 1. The van der Waals surface area contributed by atoms with Crippen LogP contribution in [0.4, 0.5) is 5.69 Å². The van der Waals surface area contributed by atoms with E-state index in [0.717, 1.165) is 6.07 Å². The maximum Gasteiger partial charge on any atom is 1.00 e. The number of carboxylic acids is 1. The maximum atomic E-state index is 11.1. The van der Waals surface area contributed by atoms with Crippen LogP contribution in [0.1, 0.15) is 10.4 Å². The molecular formula is C13H6Cl2KNO5. The summed E-state index contributed by atoms with van der Waals surface area (Å²) < 4.78 is 5.32. The summed E-state index contributed by atoms with van der Waals surface area (Å²) in [5.41, 5.74) is -1.29. The topological polar surface area (TPSA) is 92.5 Å². The first-order valence-corrected chi connectivity index (χ1v) is 6.27. The molecule has 6 nitrogen and oxygen atoms in total. The molecule has 2 aromatic rings. The molecule has 0 amide bonds. The zero-order valence-corrected chi connectivity index (χ0v) is 15.8. The number of aromatic carboxylic acids is 1. The molecular weight excluding hydrogens is 360 g/mol. The predicted octanol–water partition coefficient (Wildman–Crippen LogP) is 0.0614. The zero-order chi connectivity index (χ0) is 15.6. The zero-order valence-electron chi connectivity index (χ0n) is 11.2. The summed E-state index contributed by atoms with van der Waals surface area (Å²) in [6.45, 7) is 0. The quantitative estimate of drug-likeness (QED) is 0.434. The summed E-state index contributed by atoms with van der Waals surface area (Å²) in [4.78, 5) is 21.1. The number of hydrogen-bond donors (Lipinski definition) is 0. The number of rotatable bonds is 4. The minimum Gasteiger partial charge on any atom is -0.545 e. The van der Waals surface area contributed by atoms with Crippen LogP contribution >= 0.6 is 23.2 Å². The summed E-state index contributed by atoms with van der Waals surface area (Å²) in [7, 11) is 0. The van der Waals surface area contributed by atoms with Crippen LogP contribution < -0.4 is 61.2 Å². The molecule has 0 aromatic heterocycles. The molecule has 0 saturated heterocycles. The van der Waals surface area contributed by atoms with Gasteiger partial charge in [-0.2, -0.15) is 0 Å². The van der Waals surface area contributed by atoms with E-state index in [4.69, 9.17) is 27.9 Å². The Morgan fingerprint density at radius 1 is 1.14 bits per heavy atom. The SMILES string of the molecule is O=C([O-])c1cccc(Oc2ccc(Cl)cc2Cl)c1[N+](=O)[O-].[K+]. The number of carboxylic acid groups (broad SMARTS) is 1. The third-order valence-corrected chi connectivity index (χ3v) is 3.05. The molecule has 0 bridgehead atoms. The molecule has 0 aliphatic carbocycles. The van der Waals surface area contributed by atoms with E-state index in [1.54, 1.807) is 0 Å². The Kier molecular flexibility index (Phi) is 7.27. The van der Waals surface area contributed by atoms with Crippen molar-refractivity contribution in [2.75, 3.05) is 0 Å². The summed E-state index contributed by atoms with van der Waals surface area (Å²) in [5, 5.41) is 22.5. The third-order valence-electron chi connectivity index (χ3n) is 2.52. The van der Waals surface area contributed by atoms with Gasteiger partial charge in [-0.3, -0.25) is 10.1 Å². The van der Waals surface area contributed by atoms with Crippen molar-refractivity contribution in [2.45, 2.75) is 0 Å². The third kappa shape index (κ3) is 4.42. The Bertz CT molecular complexity index is 738. The van der Waals surface area contributed by atoms with E-state index in [1.165, 1.54) is 30.3 Å². The fourth-order valence-corrected chi connectivity index (χ4v) is 2.08. The largest absolute Gasteiger partial charge is 1.00 e. The van der Waals surface area contributed by atoms with Crippen molar-refractivity contribution < 1.29 is 70.9 Å². The molecule has 0 saturated carbocycles. The first-order valence-electron chi connectivity index (χ1n) is 5.52. The summed E-state index contributed by atoms with van der Waals surface area (Å²) in [6, 6.07) is 7.92. The fraction of sp³-hybridized carbons (Fsp3) is 0. The van der Waals surface area contributed by atoms with Gasteiger partial charge in [0, 0.05) is 5.02 Å². The second kappa shape index (κ2) is 8.26. The van der Waals surface area contributed by atoms with Crippen molar-refractivity contribution in [3.8, 4) is 11.5 Å². The number of nitro benzene ring substituents is 1. The average molecular weight is 366 g/mol. The van der Waals surface area contributed by atoms with E-state index in [2.05, 4.69) is 0 Å². The molecule has 0 heterocycles. The monoisotopic (exact) mass is 365 g/mol. The summed E-state index contributed by atoms with van der Waals surface area (Å²) in [6.07, 6.45) is 0. The Labute approximate surface area is 177 Å². The molecule has 2 rings (SSSR count). The molecule has 0 aliphatic heterocycles. The van der Waals surface area contributed by atoms with Crippen molar-refractivity contribution in [1.29, 1.82) is 0 Å². The number of halogens is 2. The number of para-hydroxylation sites is 1. The van der Waals surface area contributed by atoms with Crippen molar-refractivity contribution in [3.05, 3.63) is 62.1 Å². The van der Waals surface area contributed by atoms with Crippen molar-refractivity contribution >= 4 is 34.9 Å². The number of carbonyl (C=O) groups is 1. The van der Waals surface area contributed by atoms with Gasteiger partial charge in [0.05, 0.1) is 21.5 Å². The van der Waals surface area contributed by atoms with Gasteiger partial charge in [-0.15, -0.1) is 0 Å². The van der Waals surface area contributed by atoms with Crippen LogP contribution in [0.25, 0.3) is 0 Å². The molecule has 9 heteroatoms. The molecule has 0 unspecified atom stereocenters. The Balaban J connectivity index is 0.00000242. The van der Waals surface area contributed by atoms with Crippen LogP contribution in [0.2, 0.25) is 10.0 Å². The van der Waals surface area contributed by atoms with Crippen LogP contribution in [0.3, 0.4) is 0 Å². The van der Waals surface area contributed by atoms with Crippen molar-refractivity contribution in [2.24, 2.45) is 0 Å². The molecule has 108 valence electrons. The van der Waals surface area contributed by atoms with E-state index in [-0.39, 0.29) is 67.9 Å². The van der Waals surface area contributed by atoms with E-state index >= 15 is 0 Å². The van der Waals surface area contributed by atoms with Gasteiger partial charge in [0.25, 0.3) is 0 Å². The Hall–Kier alpha value is -0.674. The van der Waals surface area contributed by atoms with Crippen molar-refractivity contribution in [3.63, 3.8) is 0 Å². The van der Waals surface area contributed by atoms with Gasteiger partial charge < -0.3 is 14.6 Å². The van der Waals surface area contributed by atoms with Gasteiger partial charge in [0.2, 0.25) is 5.75 Å². The van der Waals surface area contributed by atoms with E-state index in [0.29, 0.717) is 5.02 Å². The second-order valence-electron chi connectivity index (χ2n) is 3.87. The first-order chi connectivity index (χ1) is 9.90. The predicted molar refractivity (Wildman–Crippen MR) is 74.0 cm³/mol. The molecule has 0 aliphatic rings. The van der Waals surface area contributed by atoms with Gasteiger partial charge in [-0.1, -0.05) is 29.3 Å². The van der Waals surface area contributed by atoms with Gasteiger partial charge in [0.1, 0.15) is 5.75 Å². The Morgan fingerprint density at radius 3 is 2.36 bits per heavy atom. The number of nitro groups is 1. The van der Waals surface area contributed by atoms with Gasteiger partial charge in [-0.25, -0.2) is 0 Å². The molecule has 2 aromatic carbocycles. The minimum atomic E-state index is -1.67. The first kappa shape index (κ1) is 19.4. The van der Waals surface area contributed by atoms with Gasteiger partial charge >= 0.3 is 57.1 Å². The summed E-state index contributed by atoms with van der Waals surface area (Å²) >= 11 is 11.6. The number of benzene rings is 2. The van der Waals surface area contributed by atoms with Crippen LogP contribution in [-0.2, 0) is 0 Å². The average Bonchev–Trinajstić information content (AvgIpc) is 2.41. The second-order valence-corrected chi connectivity index (χ2v) is 4.72. The molecule has 0 atom stereocenters. The molecule has 0 fully saturated rings. The molecule has 0 radical (unpaired) electrons. The van der Waals surface area contributed by atoms with Crippen LogP contribution in [0.15, 0.2) is 36.4 Å².